The van der Waals surface area contributed by atoms with Crippen molar-refractivity contribution in [1.29, 1.82) is 0 Å². The first-order valence-electron chi connectivity index (χ1n) is 7.08. The molecule has 0 aliphatic carbocycles. The highest BCUT2D eigenvalue weighted by Gasteiger charge is 2.15. The highest BCUT2D eigenvalue weighted by molar-refractivity contribution is 7.89. The van der Waals surface area contributed by atoms with Crippen LogP contribution in [-0.2, 0) is 14.8 Å². The molecule has 0 saturated carbocycles. The van der Waals surface area contributed by atoms with Gasteiger partial charge in [0.1, 0.15) is 5.02 Å². The van der Waals surface area contributed by atoms with Gasteiger partial charge in [0.2, 0.25) is 15.9 Å². The number of hydrogen-bond acceptors (Lipinski definition) is 5. The zero-order valence-corrected chi connectivity index (χ0v) is 14.4. The Kier molecular flexibility index (Phi) is 6.07. The number of nitro groups is 1. The molecule has 25 heavy (non-hydrogen) atoms. The zero-order chi connectivity index (χ0) is 18.4. The van der Waals surface area contributed by atoms with Crippen molar-refractivity contribution in [3.8, 4) is 0 Å². The maximum atomic E-state index is 12.0. The van der Waals surface area contributed by atoms with Crippen LogP contribution in [0.1, 0.15) is 6.42 Å². The van der Waals surface area contributed by atoms with E-state index < -0.39 is 20.9 Å². The van der Waals surface area contributed by atoms with Crippen LogP contribution in [0.4, 0.5) is 11.4 Å². The van der Waals surface area contributed by atoms with Crippen LogP contribution in [0.15, 0.2) is 53.4 Å². The second-order valence-corrected chi connectivity index (χ2v) is 7.11. The van der Waals surface area contributed by atoms with E-state index in [2.05, 4.69) is 10.0 Å². The Hall–Kier alpha value is -2.49. The van der Waals surface area contributed by atoms with Crippen molar-refractivity contribution in [2.24, 2.45) is 0 Å². The average Bonchev–Trinajstić information content (AvgIpc) is 2.57. The molecule has 2 aromatic carbocycles. The van der Waals surface area contributed by atoms with Gasteiger partial charge >= 0.3 is 0 Å². The van der Waals surface area contributed by atoms with Crippen molar-refractivity contribution in [1.82, 2.24) is 4.72 Å². The molecule has 0 aromatic heterocycles. The van der Waals surface area contributed by atoms with E-state index in [9.17, 15) is 23.3 Å². The minimum absolute atomic E-state index is 0.0429. The summed E-state index contributed by atoms with van der Waals surface area (Å²) in [6.07, 6.45) is -0.136. The standard InChI is InChI=1S/C15H14ClN3O5S/c16-13-7-6-11(10-14(13)19(21)22)18-15(20)8-9-17-25(23,24)12-4-2-1-3-5-12/h1-7,10,17H,8-9H2,(H,18,20). The summed E-state index contributed by atoms with van der Waals surface area (Å²) in [5.41, 5.74) is -0.128. The number of nitrogens with one attached hydrogen (secondary N) is 2. The fourth-order valence-corrected chi connectivity index (χ4v) is 3.18. The number of nitro benzene ring substituents is 1. The summed E-state index contributed by atoms with van der Waals surface area (Å²) in [7, 11) is -3.69. The van der Waals surface area contributed by atoms with Crippen LogP contribution in [-0.4, -0.2) is 25.8 Å². The number of halogens is 1. The molecule has 2 aromatic rings. The van der Waals surface area contributed by atoms with E-state index in [1.807, 2.05) is 0 Å². The summed E-state index contributed by atoms with van der Waals surface area (Å²) < 4.78 is 26.3. The van der Waals surface area contributed by atoms with Crippen LogP contribution < -0.4 is 10.0 Å². The molecule has 0 aliphatic rings. The first-order chi connectivity index (χ1) is 11.8. The summed E-state index contributed by atoms with van der Waals surface area (Å²) in [6, 6.07) is 11.6. The first kappa shape index (κ1) is 18.8. The van der Waals surface area contributed by atoms with Gasteiger partial charge in [-0.05, 0) is 24.3 Å². The molecule has 0 fully saturated rings. The molecule has 0 bridgehead atoms. The number of carbonyl (C=O) groups is 1. The predicted octanol–water partition coefficient (Wildman–Crippen LogP) is 2.56. The summed E-state index contributed by atoms with van der Waals surface area (Å²) in [4.78, 5) is 22.1. The fraction of sp³-hybridized carbons (Fsp3) is 0.133. The summed E-state index contributed by atoms with van der Waals surface area (Å²) in [5.74, 6) is -0.493. The molecule has 2 rings (SSSR count). The van der Waals surface area contributed by atoms with Crippen molar-refractivity contribution in [3.05, 3.63) is 63.7 Å². The Balaban J connectivity index is 1.91. The van der Waals surface area contributed by atoms with Gasteiger partial charge in [-0.2, -0.15) is 0 Å². The van der Waals surface area contributed by atoms with Crippen LogP contribution in [0.2, 0.25) is 5.02 Å². The predicted molar refractivity (Wildman–Crippen MR) is 93.0 cm³/mol. The normalized spacial score (nSPS) is 11.1. The highest BCUT2D eigenvalue weighted by atomic mass is 35.5. The van der Waals surface area contributed by atoms with E-state index >= 15 is 0 Å². The third-order valence-corrected chi connectivity index (χ3v) is 4.92. The quantitative estimate of drug-likeness (QED) is 0.562. The van der Waals surface area contributed by atoms with E-state index in [1.54, 1.807) is 18.2 Å². The average molecular weight is 384 g/mol. The van der Waals surface area contributed by atoms with Crippen molar-refractivity contribution in [2.45, 2.75) is 11.3 Å². The maximum absolute atomic E-state index is 12.0. The largest absolute Gasteiger partial charge is 0.326 e. The number of carbonyl (C=O) groups excluding carboxylic acids is 1. The molecular formula is C15H14ClN3O5S. The third-order valence-electron chi connectivity index (χ3n) is 3.12. The number of sulfonamides is 1. The summed E-state index contributed by atoms with van der Waals surface area (Å²) >= 11 is 5.69. The minimum atomic E-state index is -3.69. The topological polar surface area (TPSA) is 118 Å². The van der Waals surface area contributed by atoms with E-state index in [-0.39, 0.29) is 34.3 Å². The second-order valence-electron chi connectivity index (χ2n) is 4.93. The molecule has 2 N–H and O–H groups in total. The van der Waals surface area contributed by atoms with Gasteiger partial charge in [-0.3, -0.25) is 14.9 Å². The Labute approximate surface area is 149 Å². The van der Waals surface area contributed by atoms with Crippen LogP contribution in [0.3, 0.4) is 0 Å². The number of hydrogen-bond donors (Lipinski definition) is 2. The molecule has 0 atom stereocenters. The van der Waals surface area contributed by atoms with Gasteiger partial charge in [-0.15, -0.1) is 0 Å². The van der Waals surface area contributed by atoms with E-state index in [0.29, 0.717) is 0 Å². The molecule has 0 saturated heterocycles. The molecule has 0 heterocycles. The van der Waals surface area contributed by atoms with Gasteiger partial charge in [0.15, 0.2) is 0 Å². The summed E-state index contributed by atoms with van der Waals surface area (Å²) in [5, 5.41) is 13.2. The Morgan fingerprint density at radius 3 is 2.48 bits per heavy atom. The van der Waals surface area contributed by atoms with Crippen LogP contribution in [0.5, 0.6) is 0 Å². The van der Waals surface area contributed by atoms with E-state index in [4.69, 9.17) is 11.6 Å². The Morgan fingerprint density at radius 1 is 1.16 bits per heavy atom. The highest BCUT2D eigenvalue weighted by Crippen LogP contribution is 2.27. The van der Waals surface area contributed by atoms with Crippen molar-refractivity contribution >= 4 is 38.9 Å². The Morgan fingerprint density at radius 2 is 1.84 bits per heavy atom. The first-order valence-corrected chi connectivity index (χ1v) is 8.94. The molecule has 0 radical (unpaired) electrons. The number of anilines is 1. The number of rotatable bonds is 7. The van der Waals surface area contributed by atoms with Gasteiger partial charge in [0.25, 0.3) is 5.69 Å². The molecule has 10 heteroatoms. The monoisotopic (exact) mass is 383 g/mol. The lowest BCUT2D eigenvalue weighted by Gasteiger charge is -2.08. The molecule has 0 aliphatic heterocycles. The minimum Gasteiger partial charge on any atom is -0.326 e. The van der Waals surface area contributed by atoms with Crippen LogP contribution >= 0.6 is 11.6 Å². The second kappa shape index (κ2) is 8.06. The molecule has 8 nitrogen and oxygen atoms in total. The SMILES string of the molecule is O=C(CCNS(=O)(=O)c1ccccc1)Nc1ccc(Cl)c([N+](=O)[O-])c1. The van der Waals surface area contributed by atoms with Gasteiger partial charge in [0.05, 0.1) is 9.82 Å². The molecule has 132 valence electrons. The van der Waals surface area contributed by atoms with Crippen LogP contribution in [0.25, 0.3) is 0 Å². The molecular weight excluding hydrogens is 370 g/mol. The van der Waals surface area contributed by atoms with Gasteiger partial charge < -0.3 is 5.32 Å². The Bertz CT molecular complexity index is 887. The third kappa shape index (κ3) is 5.24. The lowest BCUT2D eigenvalue weighted by Crippen LogP contribution is -2.27. The lowest BCUT2D eigenvalue weighted by atomic mass is 10.2. The summed E-state index contributed by atoms with van der Waals surface area (Å²) in [6.45, 7) is -0.112. The van der Waals surface area contributed by atoms with Crippen LogP contribution in [0, 0.1) is 10.1 Å². The van der Waals surface area contributed by atoms with E-state index in [0.717, 1.165) is 6.07 Å². The van der Waals surface area contributed by atoms with Gasteiger partial charge in [-0.25, -0.2) is 13.1 Å². The van der Waals surface area contributed by atoms with Crippen molar-refractivity contribution in [3.63, 3.8) is 0 Å². The molecule has 0 unspecified atom stereocenters. The molecule has 0 spiro atoms. The lowest BCUT2D eigenvalue weighted by molar-refractivity contribution is -0.384. The van der Waals surface area contributed by atoms with E-state index in [1.165, 1.54) is 24.3 Å². The zero-order valence-electron chi connectivity index (χ0n) is 12.8. The van der Waals surface area contributed by atoms with Crippen molar-refractivity contribution < 1.29 is 18.1 Å². The number of amides is 1. The number of nitrogens with zero attached hydrogens (tertiary/aromatic N) is 1. The van der Waals surface area contributed by atoms with Gasteiger partial charge in [0, 0.05) is 24.7 Å². The number of benzene rings is 2. The molecule has 1 amide bonds. The van der Waals surface area contributed by atoms with Gasteiger partial charge in [-0.1, -0.05) is 29.8 Å². The smallest absolute Gasteiger partial charge is 0.289 e. The maximum Gasteiger partial charge on any atom is 0.289 e. The fourth-order valence-electron chi connectivity index (χ4n) is 1.94. The van der Waals surface area contributed by atoms with Crippen molar-refractivity contribution in [2.75, 3.05) is 11.9 Å².